The summed E-state index contributed by atoms with van der Waals surface area (Å²) in [7, 11) is 0. The third-order valence-electron chi connectivity index (χ3n) is 2.89. The van der Waals surface area contributed by atoms with Gasteiger partial charge in [-0.15, -0.1) is 0 Å². The van der Waals surface area contributed by atoms with Crippen LogP contribution in [0.5, 0.6) is 0 Å². The number of nitro groups is 1. The van der Waals surface area contributed by atoms with E-state index in [1.807, 2.05) is 12.5 Å². The van der Waals surface area contributed by atoms with Crippen LogP contribution in [0, 0.1) is 10.1 Å². The molecule has 106 valence electrons. The van der Waals surface area contributed by atoms with Gasteiger partial charge in [0.2, 0.25) is 0 Å². The van der Waals surface area contributed by atoms with Crippen LogP contribution in [0.4, 0.5) is 11.4 Å². The van der Waals surface area contributed by atoms with Crippen LogP contribution in [-0.2, 0) is 13.1 Å². The molecule has 20 heavy (non-hydrogen) atoms. The van der Waals surface area contributed by atoms with Crippen LogP contribution < -0.4 is 5.32 Å². The van der Waals surface area contributed by atoms with Crippen molar-refractivity contribution >= 4 is 27.3 Å². The lowest BCUT2D eigenvalue weighted by molar-refractivity contribution is -0.384. The van der Waals surface area contributed by atoms with Crippen LogP contribution in [0.25, 0.3) is 0 Å². The third kappa shape index (κ3) is 3.36. The summed E-state index contributed by atoms with van der Waals surface area (Å²) in [5, 5.41) is 13.9. The maximum Gasteiger partial charge on any atom is 0.270 e. The van der Waals surface area contributed by atoms with Crippen molar-refractivity contribution in [3.05, 3.63) is 51.0 Å². The monoisotopic (exact) mass is 338 g/mol. The number of anilines is 1. The minimum Gasteiger partial charge on any atom is -0.378 e. The zero-order valence-electron chi connectivity index (χ0n) is 11.0. The van der Waals surface area contributed by atoms with Gasteiger partial charge in [0.25, 0.3) is 5.69 Å². The average Bonchev–Trinajstić information content (AvgIpc) is 2.85. The van der Waals surface area contributed by atoms with E-state index >= 15 is 0 Å². The number of nitro benzene ring substituents is 1. The summed E-state index contributed by atoms with van der Waals surface area (Å²) in [6.45, 7) is 3.67. The molecule has 0 fully saturated rings. The second kappa shape index (κ2) is 6.51. The number of hydrogen-bond acceptors (Lipinski definition) is 4. The molecular formula is C13H15BrN4O2. The Labute approximate surface area is 125 Å². The number of halogens is 1. The van der Waals surface area contributed by atoms with Crippen molar-refractivity contribution in [2.45, 2.75) is 26.4 Å². The van der Waals surface area contributed by atoms with E-state index in [9.17, 15) is 10.1 Å². The van der Waals surface area contributed by atoms with Crippen molar-refractivity contribution in [2.75, 3.05) is 5.32 Å². The molecule has 0 aliphatic carbocycles. The van der Waals surface area contributed by atoms with Gasteiger partial charge in [0, 0.05) is 35.0 Å². The molecule has 0 unspecified atom stereocenters. The summed E-state index contributed by atoms with van der Waals surface area (Å²) in [5.41, 5.74) is 1.97. The van der Waals surface area contributed by atoms with Gasteiger partial charge in [-0.3, -0.25) is 10.1 Å². The van der Waals surface area contributed by atoms with E-state index in [0.717, 1.165) is 24.3 Å². The lowest BCUT2D eigenvalue weighted by Gasteiger charge is -2.10. The Bertz CT molecular complexity index is 612. The van der Waals surface area contributed by atoms with Crippen LogP contribution >= 0.6 is 15.9 Å². The highest BCUT2D eigenvalue weighted by Crippen LogP contribution is 2.27. The van der Waals surface area contributed by atoms with E-state index < -0.39 is 4.92 Å². The van der Waals surface area contributed by atoms with E-state index in [1.54, 1.807) is 6.07 Å². The number of benzene rings is 1. The van der Waals surface area contributed by atoms with Gasteiger partial charge in [0.05, 0.1) is 23.5 Å². The molecule has 1 N–H and O–H groups in total. The summed E-state index contributed by atoms with van der Waals surface area (Å²) < 4.78 is 2.76. The van der Waals surface area contributed by atoms with E-state index in [0.29, 0.717) is 11.0 Å². The Morgan fingerprint density at radius 3 is 2.95 bits per heavy atom. The predicted octanol–water partition coefficient (Wildman–Crippen LogP) is 3.58. The molecule has 2 aromatic rings. The number of imidazole rings is 1. The fraction of sp³-hybridized carbons (Fsp3) is 0.308. The highest BCUT2D eigenvalue weighted by atomic mass is 79.9. The molecule has 0 saturated heterocycles. The Hall–Kier alpha value is -1.89. The minimum absolute atomic E-state index is 0.0680. The second-order valence-electron chi connectivity index (χ2n) is 4.35. The molecule has 0 spiro atoms. The van der Waals surface area contributed by atoms with Gasteiger partial charge in [0.1, 0.15) is 0 Å². The summed E-state index contributed by atoms with van der Waals surface area (Å²) in [5.74, 6) is 0. The van der Waals surface area contributed by atoms with Crippen LogP contribution in [-0.4, -0.2) is 14.5 Å². The smallest absolute Gasteiger partial charge is 0.270 e. The number of rotatable bonds is 6. The molecule has 0 aliphatic heterocycles. The molecule has 0 bridgehead atoms. The summed E-state index contributed by atoms with van der Waals surface area (Å²) in [4.78, 5) is 14.4. The number of hydrogen-bond donors (Lipinski definition) is 1. The molecule has 1 aromatic carbocycles. The van der Waals surface area contributed by atoms with Crippen LogP contribution in [0.1, 0.15) is 19.0 Å². The van der Waals surface area contributed by atoms with Crippen molar-refractivity contribution in [1.29, 1.82) is 0 Å². The molecule has 0 aliphatic rings. The van der Waals surface area contributed by atoms with Crippen molar-refractivity contribution in [1.82, 2.24) is 9.55 Å². The summed E-state index contributed by atoms with van der Waals surface area (Å²) in [6, 6.07) is 4.67. The Balaban J connectivity index is 2.07. The van der Waals surface area contributed by atoms with E-state index in [4.69, 9.17) is 0 Å². The molecule has 1 aromatic heterocycles. The Morgan fingerprint density at radius 2 is 2.30 bits per heavy atom. The Morgan fingerprint density at radius 1 is 1.50 bits per heavy atom. The topological polar surface area (TPSA) is 73.0 Å². The number of nitrogens with one attached hydrogen (secondary N) is 1. The van der Waals surface area contributed by atoms with Gasteiger partial charge in [-0.2, -0.15) is 0 Å². The van der Waals surface area contributed by atoms with Gasteiger partial charge < -0.3 is 9.88 Å². The molecular weight excluding hydrogens is 324 g/mol. The SMILES string of the molecule is CCCn1cncc1CNc1ccc([N+](=O)[O-])cc1Br. The van der Waals surface area contributed by atoms with Gasteiger partial charge in [-0.05, 0) is 28.4 Å². The number of nitrogens with zero attached hydrogens (tertiary/aromatic N) is 3. The zero-order chi connectivity index (χ0) is 14.5. The first-order valence-electron chi connectivity index (χ1n) is 6.28. The highest BCUT2D eigenvalue weighted by molar-refractivity contribution is 9.10. The highest BCUT2D eigenvalue weighted by Gasteiger charge is 2.09. The minimum atomic E-state index is -0.412. The first kappa shape index (κ1) is 14.5. The van der Waals surface area contributed by atoms with Gasteiger partial charge in [0.15, 0.2) is 0 Å². The van der Waals surface area contributed by atoms with Crippen molar-refractivity contribution in [3.8, 4) is 0 Å². The molecule has 0 saturated carbocycles. The van der Waals surface area contributed by atoms with Crippen molar-refractivity contribution in [2.24, 2.45) is 0 Å². The lowest BCUT2D eigenvalue weighted by atomic mass is 10.3. The maximum absolute atomic E-state index is 10.7. The average molecular weight is 339 g/mol. The number of aromatic nitrogens is 2. The number of aryl methyl sites for hydroxylation is 1. The summed E-state index contributed by atoms with van der Waals surface area (Å²) in [6.07, 6.45) is 4.68. The van der Waals surface area contributed by atoms with E-state index in [-0.39, 0.29) is 5.69 Å². The van der Waals surface area contributed by atoms with Crippen LogP contribution in [0.15, 0.2) is 35.2 Å². The number of non-ortho nitro benzene ring substituents is 1. The van der Waals surface area contributed by atoms with Gasteiger partial charge in [-0.1, -0.05) is 6.92 Å². The molecule has 0 amide bonds. The predicted molar refractivity (Wildman–Crippen MR) is 80.6 cm³/mol. The first-order chi connectivity index (χ1) is 9.61. The fourth-order valence-corrected chi connectivity index (χ4v) is 2.39. The second-order valence-corrected chi connectivity index (χ2v) is 5.21. The Kier molecular flexibility index (Phi) is 4.73. The van der Waals surface area contributed by atoms with Gasteiger partial charge >= 0.3 is 0 Å². The molecule has 6 nitrogen and oxygen atoms in total. The standard InChI is InChI=1S/C13H15BrN4O2/c1-2-5-17-9-15-7-11(17)8-16-13-4-3-10(18(19)20)6-12(13)14/h3-4,6-7,9,16H,2,5,8H2,1H3. The normalized spacial score (nSPS) is 10.5. The van der Waals surface area contributed by atoms with Crippen molar-refractivity contribution in [3.63, 3.8) is 0 Å². The van der Waals surface area contributed by atoms with E-state index in [1.165, 1.54) is 12.1 Å². The fourth-order valence-electron chi connectivity index (χ4n) is 1.88. The van der Waals surface area contributed by atoms with Crippen molar-refractivity contribution < 1.29 is 4.92 Å². The lowest BCUT2D eigenvalue weighted by Crippen LogP contribution is -2.07. The molecule has 0 radical (unpaired) electrons. The quantitative estimate of drug-likeness (QED) is 0.645. The molecule has 2 rings (SSSR count). The first-order valence-corrected chi connectivity index (χ1v) is 7.08. The van der Waals surface area contributed by atoms with Gasteiger partial charge in [-0.25, -0.2) is 4.98 Å². The van der Waals surface area contributed by atoms with Crippen LogP contribution in [0.2, 0.25) is 0 Å². The zero-order valence-corrected chi connectivity index (χ0v) is 12.6. The molecule has 1 heterocycles. The third-order valence-corrected chi connectivity index (χ3v) is 3.54. The molecule has 0 atom stereocenters. The maximum atomic E-state index is 10.7. The largest absolute Gasteiger partial charge is 0.378 e. The van der Waals surface area contributed by atoms with Crippen LogP contribution in [0.3, 0.4) is 0 Å². The summed E-state index contributed by atoms with van der Waals surface area (Å²) >= 11 is 3.34. The molecule has 7 heteroatoms. The van der Waals surface area contributed by atoms with E-state index in [2.05, 4.69) is 37.7 Å².